The fraction of sp³-hybridized carbons (Fsp3) is 0.400. The smallest absolute Gasteiger partial charge is 0.336 e. The SMILES string of the molecule is O=C(O)CC(O)(CC(=O)OCC(=O)C(=Cc1ccccc1)Oc1ccccc1OCCCN1CCCCC1)C(=O)O. The number of para-hydroxylation sites is 2. The molecule has 1 fully saturated rings. The largest absolute Gasteiger partial charge is 0.490 e. The van der Waals surface area contributed by atoms with Crippen LogP contribution in [0, 0.1) is 0 Å². The van der Waals surface area contributed by atoms with Gasteiger partial charge in [0.15, 0.2) is 29.5 Å². The maximum absolute atomic E-state index is 13.1. The number of carbonyl (C=O) groups excluding carboxylic acids is 2. The van der Waals surface area contributed by atoms with Crippen LogP contribution in [0.25, 0.3) is 6.08 Å². The van der Waals surface area contributed by atoms with Gasteiger partial charge >= 0.3 is 17.9 Å². The first kappa shape index (κ1) is 31.3. The molecule has 41 heavy (non-hydrogen) atoms. The van der Waals surface area contributed by atoms with E-state index >= 15 is 0 Å². The van der Waals surface area contributed by atoms with Crippen LogP contribution in [0.4, 0.5) is 0 Å². The van der Waals surface area contributed by atoms with Crippen LogP contribution in [0.1, 0.15) is 44.1 Å². The van der Waals surface area contributed by atoms with Crippen LogP contribution in [0.5, 0.6) is 11.5 Å². The Hall–Kier alpha value is -4.22. The van der Waals surface area contributed by atoms with Crippen molar-refractivity contribution in [2.75, 3.05) is 32.8 Å². The van der Waals surface area contributed by atoms with Crippen LogP contribution in [0.2, 0.25) is 0 Å². The Labute approximate surface area is 237 Å². The van der Waals surface area contributed by atoms with Crippen molar-refractivity contribution in [2.24, 2.45) is 0 Å². The van der Waals surface area contributed by atoms with Crippen molar-refractivity contribution >= 4 is 29.8 Å². The highest BCUT2D eigenvalue weighted by Gasteiger charge is 2.41. The second kappa shape index (κ2) is 15.5. The Morgan fingerprint density at radius 2 is 1.54 bits per heavy atom. The van der Waals surface area contributed by atoms with Crippen molar-refractivity contribution in [3.63, 3.8) is 0 Å². The molecule has 1 atom stereocenters. The van der Waals surface area contributed by atoms with Gasteiger partial charge in [0.1, 0.15) is 0 Å². The number of hydrogen-bond acceptors (Lipinski definition) is 9. The summed E-state index contributed by atoms with van der Waals surface area (Å²) in [5, 5.41) is 28.1. The van der Waals surface area contributed by atoms with Crippen molar-refractivity contribution in [3.8, 4) is 11.5 Å². The van der Waals surface area contributed by atoms with Gasteiger partial charge in [-0.2, -0.15) is 0 Å². The average Bonchev–Trinajstić information content (AvgIpc) is 2.95. The van der Waals surface area contributed by atoms with Crippen molar-refractivity contribution in [1.29, 1.82) is 0 Å². The summed E-state index contributed by atoms with van der Waals surface area (Å²) in [5.74, 6) is -5.01. The molecule has 0 aliphatic carbocycles. The Balaban J connectivity index is 1.67. The minimum absolute atomic E-state index is 0.174. The number of likely N-dealkylation sites (tertiary alicyclic amines) is 1. The lowest BCUT2D eigenvalue weighted by Gasteiger charge is -2.26. The fourth-order valence-electron chi connectivity index (χ4n) is 4.26. The van der Waals surface area contributed by atoms with Crippen molar-refractivity contribution in [2.45, 2.75) is 44.1 Å². The molecular weight excluding hydrogens is 534 g/mol. The van der Waals surface area contributed by atoms with Gasteiger partial charge in [-0.1, -0.05) is 48.9 Å². The third-order valence-corrected chi connectivity index (χ3v) is 6.41. The Morgan fingerprint density at radius 1 is 0.878 bits per heavy atom. The molecule has 3 N–H and O–H groups in total. The Morgan fingerprint density at radius 3 is 2.20 bits per heavy atom. The van der Waals surface area contributed by atoms with E-state index in [0.29, 0.717) is 17.9 Å². The van der Waals surface area contributed by atoms with Gasteiger partial charge in [0.25, 0.3) is 0 Å². The first-order valence-corrected chi connectivity index (χ1v) is 13.4. The maximum atomic E-state index is 13.1. The lowest BCUT2D eigenvalue weighted by atomic mass is 9.96. The van der Waals surface area contributed by atoms with Gasteiger partial charge in [-0.05, 0) is 56.1 Å². The summed E-state index contributed by atoms with van der Waals surface area (Å²) in [5.41, 5.74) is -2.25. The average molecular weight is 570 g/mol. The van der Waals surface area contributed by atoms with Crippen molar-refractivity contribution < 1.29 is 48.7 Å². The number of esters is 1. The minimum atomic E-state index is -2.88. The first-order valence-electron chi connectivity index (χ1n) is 13.4. The molecule has 1 aliphatic rings. The van der Waals surface area contributed by atoms with Gasteiger partial charge in [-0.15, -0.1) is 0 Å². The number of ketones is 1. The summed E-state index contributed by atoms with van der Waals surface area (Å²) in [6.07, 6.45) is 3.59. The molecule has 1 unspecified atom stereocenters. The van der Waals surface area contributed by atoms with E-state index in [1.165, 1.54) is 25.3 Å². The monoisotopic (exact) mass is 569 g/mol. The predicted octanol–water partition coefficient (Wildman–Crippen LogP) is 3.15. The highest BCUT2D eigenvalue weighted by molar-refractivity contribution is 6.00. The maximum Gasteiger partial charge on any atom is 0.336 e. The molecular formula is C30H35NO10. The van der Waals surface area contributed by atoms with Crippen molar-refractivity contribution in [1.82, 2.24) is 4.90 Å². The normalized spacial score (nSPS) is 15.4. The number of hydrogen-bond donors (Lipinski definition) is 3. The molecule has 3 rings (SSSR count). The number of rotatable bonds is 16. The molecule has 11 nitrogen and oxygen atoms in total. The molecule has 0 spiro atoms. The molecule has 11 heteroatoms. The van der Waals surface area contributed by atoms with Gasteiger partial charge in [-0.25, -0.2) is 4.79 Å². The molecule has 220 valence electrons. The zero-order valence-corrected chi connectivity index (χ0v) is 22.7. The van der Waals surface area contributed by atoms with E-state index in [0.717, 1.165) is 26.1 Å². The van der Waals surface area contributed by atoms with E-state index in [-0.39, 0.29) is 11.5 Å². The van der Waals surface area contributed by atoms with Crippen LogP contribution >= 0.6 is 0 Å². The summed E-state index contributed by atoms with van der Waals surface area (Å²) < 4.78 is 16.8. The van der Waals surface area contributed by atoms with E-state index < -0.39 is 48.7 Å². The van der Waals surface area contributed by atoms with Crippen LogP contribution < -0.4 is 9.47 Å². The number of carboxylic acids is 2. The molecule has 1 heterocycles. The first-order chi connectivity index (χ1) is 19.7. The van der Waals surface area contributed by atoms with Gasteiger partial charge in [0, 0.05) is 6.54 Å². The fourth-order valence-corrected chi connectivity index (χ4v) is 4.26. The standard InChI is InChI=1S/C30H35NO10/c32-23(21-40-28(35)20-30(38,29(36)37)19-27(33)34)26(18-22-10-3-1-4-11-22)41-25-13-6-5-12-24(25)39-17-9-16-31-14-7-2-8-15-31/h1,3-6,10-13,18,38H,2,7-9,14-17,19-21H2,(H,33,34)(H,36,37). The van der Waals surface area contributed by atoms with E-state index in [4.69, 9.17) is 24.4 Å². The zero-order valence-electron chi connectivity index (χ0n) is 22.7. The van der Waals surface area contributed by atoms with Crippen molar-refractivity contribution in [3.05, 3.63) is 65.9 Å². The van der Waals surface area contributed by atoms with Gasteiger partial charge in [-0.3, -0.25) is 14.4 Å². The number of piperidine rings is 1. The number of aliphatic hydroxyl groups is 1. The molecule has 1 aliphatic heterocycles. The summed E-state index contributed by atoms with van der Waals surface area (Å²) >= 11 is 0. The summed E-state index contributed by atoms with van der Waals surface area (Å²) in [4.78, 5) is 50.0. The third-order valence-electron chi connectivity index (χ3n) is 6.41. The number of ether oxygens (including phenoxy) is 3. The number of nitrogens with zero attached hydrogens (tertiary/aromatic N) is 1. The molecule has 0 radical (unpaired) electrons. The third kappa shape index (κ3) is 10.4. The molecule has 1 saturated heterocycles. The lowest BCUT2D eigenvalue weighted by Crippen LogP contribution is -2.43. The topological polar surface area (TPSA) is 160 Å². The molecule has 0 bridgehead atoms. The van der Waals surface area contributed by atoms with Gasteiger partial charge in [0.2, 0.25) is 5.78 Å². The lowest BCUT2D eigenvalue weighted by molar-refractivity contribution is -0.172. The second-order valence-electron chi connectivity index (χ2n) is 9.74. The molecule has 0 aromatic heterocycles. The summed E-state index contributed by atoms with van der Waals surface area (Å²) in [6.45, 7) is 2.72. The number of carboxylic acid groups (broad SMARTS) is 2. The van der Waals surface area contributed by atoms with Gasteiger partial charge in [0.05, 0.1) is 19.4 Å². The highest BCUT2D eigenvalue weighted by Crippen LogP contribution is 2.29. The second-order valence-corrected chi connectivity index (χ2v) is 9.74. The van der Waals surface area contributed by atoms with Crippen LogP contribution in [0.3, 0.4) is 0 Å². The van der Waals surface area contributed by atoms with E-state index in [1.807, 2.05) is 0 Å². The minimum Gasteiger partial charge on any atom is -0.490 e. The number of Topliss-reactive ketones (excluding diaryl/α,β-unsaturated/α-hetero) is 1. The van der Waals surface area contributed by atoms with Crippen LogP contribution in [0.15, 0.2) is 60.4 Å². The number of carbonyl (C=O) groups is 4. The molecule has 0 amide bonds. The Kier molecular flexibility index (Phi) is 11.9. The van der Waals surface area contributed by atoms with Gasteiger partial charge < -0.3 is 34.4 Å². The molecule has 2 aromatic carbocycles. The number of benzene rings is 2. The van der Waals surface area contributed by atoms with Crippen LogP contribution in [-0.4, -0.2) is 82.4 Å². The molecule has 0 saturated carbocycles. The highest BCUT2D eigenvalue weighted by atomic mass is 16.5. The van der Waals surface area contributed by atoms with E-state index in [2.05, 4.69) is 4.90 Å². The summed E-state index contributed by atoms with van der Waals surface area (Å²) in [6, 6.07) is 15.7. The van der Waals surface area contributed by atoms with E-state index in [1.54, 1.807) is 54.6 Å². The van der Waals surface area contributed by atoms with E-state index in [9.17, 15) is 24.3 Å². The predicted molar refractivity (Wildman–Crippen MR) is 147 cm³/mol. The molecule has 2 aromatic rings. The summed E-state index contributed by atoms with van der Waals surface area (Å²) in [7, 11) is 0. The number of aliphatic carboxylic acids is 2. The van der Waals surface area contributed by atoms with Crippen LogP contribution in [-0.2, 0) is 23.9 Å². The zero-order chi connectivity index (χ0) is 29.7. The Bertz CT molecular complexity index is 1220. The quantitative estimate of drug-likeness (QED) is 0.118.